The van der Waals surface area contributed by atoms with Crippen LogP contribution in [-0.4, -0.2) is 41.5 Å². The van der Waals surface area contributed by atoms with Crippen LogP contribution < -0.4 is 5.32 Å². The number of aliphatic imine (C=N–C) groups is 1. The summed E-state index contributed by atoms with van der Waals surface area (Å²) in [6, 6.07) is 18.5. The number of aromatic amines is 1. The molecule has 5 nitrogen and oxygen atoms in total. The molecule has 0 amide bonds. The average Bonchev–Trinajstić information content (AvgIpc) is 3.02. The van der Waals surface area contributed by atoms with Gasteiger partial charge in [-0.25, -0.2) is 4.98 Å². The lowest BCUT2D eigenvalue weighted by molar-refractivity contribution is 0.477. The number of aromatic nitrogens is 2. The molecule has 2 N–H and O–H groups in total. The minimum absolute atomic E-state index is 0.783. The normalized spacial score (nSPS) is 11.7. The molecule has 3 rings (SSSR count). The second-order valence-electron chi connectivity index (χ2n) is 5.77. The Labute approximate surface area is 142 Å². The lowest BCUT2D eigenvalue weighted by Gasteiger charge is -2.22. The van der Waals surface area contributed by atoms with E-state index in [1.165, 1.54) is 5.56 Å². The fraction of sp³-hybridized carbons (Fsp3) is 0.263. The summed E-state index contributed by atoms with van der Waals surface area (Å²) in [5.41, 5.74) is 3.36. The van der Waals surface area contributed by atoms with Crippen LogP contribution in [0, 0.1) is 0 Å². The Hall–Kier alpha value is -2.82. The zero-order valence-corrected chi connectivity index (χ0v) is 14.2. The van der Waals surface area contributed by atoms with Crippen molar-refractivity contribution in [3.63, 3.8) is 0 Å². The van der Waals surface area contributed by atoms with Crippen molar-refractivity contribution in [2.75, 3.05) is 20.6 Å². The van der Waals surface area contributed by atoms with E-state index in [1.807, 2.05) is 44.4 Å². The van der Waals surface area contributed by atoms with Crippen molar-refractivity contribution in [2.24, 2.45) is 4.99 Å². The van der Waals surface area contributed by atoms with E-state index in [2.05, 4.69) is 49.4 Å². The van der Waals surface area contributed by atoms with Crippen LogP contribution in [0.3, 0.4) is 0 Å². The first-order valence-corrected chi connectivity index (χ1v) is 8.15. The predicted molar refractivity (Wildman–Crippen MR) is 99.1 cm³/mol. The molecule has 0 fully saturated rings. The van der Waals surface area contributed by atoms with Crippen molar-refractivity contribution in [3.8, 4) is 0 Å². The smallest absolute Gasteiger partial charge is 0.193 e. The van der Waals surface area contributed by atoms with E-state index in [-0.39, 0.29) is 0 Å². The van der Waals surface area contributed by atoms with E-state index in [0.29, 0.717) is 0 Å². The van der Waals surface area contributed by atoms with Crippen molar-refractivity contribution in [3.05, 3.63) is 66.0 Å². The summed E-state index contributed by atoms with van der Waals surface area (Å²) in [5, 5.41) is 3.40. The number of para-hydroxylation sites is 2. The quantitative estimate of drug-likeness (QED) is 0.561. The predicted octanol–water partition coefficient (Wildman–Crippen LogP) is 2.81. The second kappa shape index (κ2) is 7.64. The summed E-state index contributed by atoms with van der Waals surface area (Å²) in [5.74, 6) is 1.87. The number of hydrogen-bond acceptors (Lipinski definition) is 2. The Morgan fingerprint density at radius 2 is 1.88 bits per heavy atom. The highest BCUT2D eigenvalue weighted by atomic mass is 15.3. The van der Waals surface area contributed by atoms with E-state index in [0.717, 1.165) is 42.3 Å². The molecule has 1 aromatic heterocycles. The molecule has 0 radical (unpaired) electrons. The van der Waals surface area contributed by atoms with Gasteiger partial charge in [0.1, 0.15) is 5.82 Å². The molecule has 0 aliphatic carbocycles. The summed E-state index contributed by atoms with van der Waals surface area (Å²) in [6.07, 6.45) is 0.826. The minimum atomic E-state index is 0.783. The molecular weight excluding hydrogens is 298 g/mol. The van der Waals surface area contributed by atoms with Crippen LogP contribution in [0.25, 0.3) is 11.0 Å². The summed E-state index contributed by atoms with van der Waals surface area (Å²) < 4.78 is 0. The second-order valence-corrected chi connectivity index (χ2v) is 5.77. The van der Waals surface area contributed by atoms with E-state index in [9.17, 15) is 0 Å². The van der Waals surface area contributed by atoms with Gasteiger partial charge in [0.2, 0.25) is 0 Å². The first-order valence-electron chi connectivity index (χ1n) is 8.15. The Morgan fingerprint density at radius 3 is 2.62 bits per heavy atom. The Bertz CT molecular complexity index is 774. The van der Waals surface area contributed by atoms with Gasteiger partial charge in [0.05, 0.1) is 11.0 Å². The third-order valence-electron chi connectivity index (χ3n) is 3.92. The number of guanidine groups is 1. The highest BCUT2D eigenvalue weighted by Crippen LogP contribution is 2.10. The van der Waals surface area contributed by atoms with Gasteiger partial charge in [-0.3, -0.25) is 4.99 Å². The van der Waals surface area contributed by atoms with E-state index >= 15 is 0 Å². The molecule has 0 unspecified atom stereocenters. The maximum Gasteiger partial charge on any atom is 0.193 e. The lowest BCUT2D eigenvalue weighted by Crippen LogP contribution is -2.39. The van der Waals surface area contributed by atoms with E-state index in [4.69, 9.17) is 0 Å². The molecule has 1 heterocycles. The molecule has 124 valence electrons. The lowest BCUT2D eigenvalue weighted by atomic mass is 10.2. The fourth-order valence-electron chi connectivity index (χ4n) is 2.73. The van der Waals surface area contributed by atoms with Crippen LogP contribution in [0.5, 0.6) is 0 Å². The van der Waals surface area contributed by atoms with Gasteiger partial charge in [-0.2, -0.15) is 0 Å². The maximum atomic E-state index is 4.60. The van der Waals surface area contributed by atoms with E-state index < -0.39 is 0 Å². The van der Waals surface area contributed by atoms with Crippen molar-refractivity contribution >= 4 is 17.0 Å². The van der Waals surface area contributed by atoms with Crippen LogP contribution in [0.4, 0.5) is 0 Å². The summed E-state index contributed by atoms with van der Waals surface area (Å²) in [7, 11) is 3.86. The van der Waals surface area contributed by atoms with Gasteiger partial charge in [0.25, 0.3) is 0 Å². The molecule has 0 saturated carbocycles. The van der Waals surface area contributed by atoms with Crippen LogP contribution in [0.15, 0.2) is 59.6 Å². The van der Waals surface area contributed by atoms with Crippen LogP contribution in [0.1, 0.15) is 11.4 Å². The first kappa shape index (κ1) is 16.1. The zero-order valence-electron chi connectivity index (χ0n) is 14.2. The number of fused-ring (bicyclic) bond motifs is 1. The molecule has 3 aromatic rings. The molecule has 0 saturated heterocycles. The molecule has 0 aliphatic rings. The topological polar surface area (TPSA) is 56.3 Å². The van der Waals surface area contributed by atoms with Crippen molar-refractivity contribution in [1.82, 2.24) is 20.2 Å². The Balaban J connectivity index is 1.54. The minimum Gasteiger partial charge on any atom is -0.356 e. The highest BCUT2D eigenvalue weighted by Gasteiger charge is 2.07. The molecule has 2 aromatic carbocycles. The monoisotopic (exact) mass is 321 g/mol. The molecule has 24 heavy (non-hydrogen) atoms. The van der Waals surface area contributed by atoms with E-state index in [1.54, 1.807) is 0 Å². The Morgan fingerprint density at radius 1 is 1.12 bits per heavy atom. The highest BCUT2D eigenvalue weighted by molar-refractivity contribution is 5.79. The van der Waals surface area contributed by atoms with Crippen LogP contribution >= 0.6 is 0 Å². The number of rotatable bonds is 5. The molecular formula is C19H23N5. The molecule has 0 bridgehead atoms. The summed E-state index contributed by atoms with van der Waals surface area (Å²) in [6.45, 7) is 1.61. The van der Waals surface area contributed by atoms with Gasteiger partial charge in [0.15, 0.2) is 5.96 Å². The molecule has 0 aliphatic heterocycles. The van der Waals surface area contributed by atoms with Crippen molar-refractivity contribution in [2.45, 2.75) is 13.0 Å². The first-order chi connectivity index (χ1) is 11.8. The third-order valence-corrected chi connectivity index (χ3v) is 3.92. The standard InChI is InChI=1S/C19H23N5/c1-20-19(24(2)14-15-8-4-3-5-9-15)21-13-12-18-22-16-10-6-7-11-17(16)23-18/h3-11H,12-14H2,1-2H3,(H,20,21)(H,22,23). The molecule has 5 heteroatoms. The Kier molecular flexibility index (Phi) is 5.11. The number of nitrogens with one attached hydrogen (secondary N) is 2. The zero-order chi connectivity index (χ0) is 16.8. The number of imidazole rings is 1. The maximum absolute atomic E-state index is 4.60. The SMILES string of the molecule is CN=C(NCCc1nc2ccccc2[nH]1)N(C)Cc1ccccc1. The number of nitrogens with zero attached hydrogens (tertiary/aromatic N) is 3. The summed E-state index contributed by atoms with van der Waals surface area (Å²) >= 11 is 0. The van der Waals surface area contributed by atoms with Gasteiger partial charge in [-0.15, -0.1) is 0 Å². The fourth-order valence-corrected chi connectivity index (χ4v) is 2.73. The largest absolute Gasteiger partial charge is 0.356 e. The van der Waals surface area contributed by atoms with Gasteiger partial charge in [-0.1, -0.05) is 42.5 Å². The van der Waals surface area contributed by atoms with Crippen LogP contribution in [-0.2, 0) is 13.0 Å². The molecule has 0 spiro atoms. The number of benzene rings is 2. The van der Waals surface area contributed by atoms with Gasteiger partial charge >= 0.3 is 0 Å². The number of H-pyrrole nitrogens is 1. The summed E-state index contributed by atoms with van der Waals surface area (Å²) in [4.78, 5) is 14.4. The van der Waals surface area contributed by atoms with Gasteiger partial charge in [-0.05, 0) is 17.7 Å². The average molecular weight is 321 g/mol. The molecule has 0 atom stereocenters. The number of hydrogen-bond donors (Lipinski definition) is 2. The third kappa shape index (κ3) is 3.93. The van der Waals surface area contributed by atoms with Crippen LogP contribution in [0.2, 0.25) is 0 Å². The van der Waals surface area contributed by atoms with Gasteiger partial charge in [0, 0.05) is 33.6 Å². The van der Waals surface area contributed by atoms with Gasteiger partial charge < -0.3 is 15.2 Å². The van der Waals surface area contributed by atoms with Crippen molar-refractivity contribution in [1.29, 1.82) is 0 Å². The van der Waals surface area contributed by atoms with Crippen molar-refractivity contribution < 1.29 is 0 Å².